The largest absolute Gasteiger partial charge is 0.487 e. The highest BCUT2D eigenvalue weighted by molar-refractivity contribution is 7.89. The molecule has 3 aromatic carbocycles. The fourth-order valence-electron chi connectivity index (χ4n) is 6.06. The van der Waals surface area contributed by atoms with Gasteiger partial charge in [0.2, 0.25) is 15.9 Å². The Kier molecular flexibility index (Phi) is 11.1. The molecule has 1 atom stereocenters. The van der Waals surface area contributed by atoms with Gasteiger partial charge in [0, 0.05) is 64.8 Å². The first-order valence-electron chi connectivity index (χ1n) is 16.5. The van der Waals surface area contributed by atoms with Gasteiger partial charge < -0.3 is 25.7 Å². The van der Waals surface area contributed by atoms with Crippen LogP contribution in [0.1, 0.15) is 46.4 Å². The number of carbonyl (C=O) groups excluding carboxylic acids is 2. The highest BCUT2D eigenvalue weighted by Crippen LogP contribution is 2.37. The molecule has 2 amide bonds. The van der Waals surface area contributed by atoms with Crippen LogP contribution >= 0.6 is 23.2 Å². The van der Waals surface area contributed by atoms with Crippen LogP contribution in [0.3, 0.4) is 0 Å². The van der Waals surface area contributed by atoms with Crippen LogP contribution in [-0.4, -0.2) is 70.6 Å². The summed E-state index contributed by atoms with van der Waals surface area (Å²) in [5, 5.41) is 14.0. The van der Waals surface area contributed by atoms with Crippen molar-refractivity contribution in [3.05, 3.63) is 112 Å². The number of aromatic nitrogens is 3. The minimum absolute atomic E-state index is 0.0887. The quantitative estimate of drug-likeness (QED) is 0.0735. The fourth-order valence-corrected chi connectivity index (χ4v) is 8.58. The number of aryl methyl sites for hydroxylation is 1. The van der Waals surface area contributed by atoms with Crippen LogP contribution in [0.4, 0.5) is 0 Å². The first kappa shape index (κ1) is 36.8. The molecule has 52 heavy (non-hydrogen) atoms. The van der Waals surface area contributed by atoms with E-state index in [1.807, 2.05) is 35.9 Å². The number of benzene rings is 3. The third-order valence-electron chi connectivity index (χ3n) is 8.70. The number of hydrogen-bond donors (Lipinski definition) is 4. The van der Waals surface area contributed by atoms with Crippen molar-refractivity contribution in [2.75, 3.05) is 19.6 Å². The van der Waals surface area contributed by atoms with E-state index in [4.69, 9.17) is 44.1 Å². The molecular weight excluding hydrogens is 727 g/mol. The second kappa shape index (κ2) is 15.7. The Bertz CT molecular complexity index is 2250. The van der Waals surface area contributed by atoms with Crippen LogP contribution in [0.2, 0.25) is 10.0 Å². The van der Waals surface area contributed by atoms with Crippen molar-refractivity contribution in [3.8, 4) is 11.4 Å². The SMILES string of the molecule is Cc1cc(-n2ccnc2)c2cccc(OCc3c(Cl)ccc(S(=O)(=O)N4CCCC4C(=O)NCCCNC(=O)c4ccc(C(=N)N)cc4)c3Cl)c2n1. The summed E-state index contributed by atoms with van der Waals surface area (Å²) in [5.41, 5.74) is 8.91. The maximum Gasteiger partial charge on any atom is 0.251 e. The minimum atomic E-state index is -4.22. The number of pyridine rings is 1. The van der Waals surface area contributed by atoms with Gasteiger partial charge in [-0.2, -0.15) is 4.31 Å². The van der Waals surface area contributed by atoms with E-state index < -0.39 is 22.0 Å². The third kappa shape index (κ3) is 7.75. The number of ether oxygens (including phenoxy) is 1. The third-order valence-corrected chi connectivity index (χ3v) is 11.6. The molecule has 5 N–H and O–H groups in total. The zero-order valence-electron chi connectivity index (χ0n) is 28.1. The van der Waals surface area contributed by atoms with Crippen molar-refractivity contribution in [2.24, 2.45) is 5.73 Å². The van der Waals surface area contributed by atoms with Crippen LogP contribution in [0.25, 0.3) is 16.6 Å². The highest BCUT2D eigenvalue weighted by Gasteiger charge is 2.40. The Morgan fingerprint density at radius 1 is 1.06 bits per heavy atom. The van der Waals surface area contributed by atoms with Crippen LogP contribution < -0.4 is 21.1 Å². The highest BCUT2D eigenvalue weighted by atomic mass is 35.5. The van der Waals surface area contributed by atoms with Crippen molar-refractivity contribution in [1.82, 2.24) is 29.5 Å². The van der Waals surface area contributed by atoms with E-state index in [9.17, 15) is 18.0 Å². The maximum absolute atomic E-state index is 14.0. The Hall–Kier alpha value is -5.02. The lowest BCUT2D eigenvalue weighted by atomic mass is 10.1. The lowest BCUT2D eigenvalue weighted by Gasteiger charge is -2.24. The van der Waals surface area contributed by atoms with Crippen molar-refractivity contribution in [2.45, 2.75) is 43.7 Å². The Morgan fingerprint density at radius 3 is 2.54 bits per heavy atom. The summed E-state index contributed by atoms with van der Waals surface area (Å²) in [6.45, 7) is 2.39. The van der Waals surface area contributed by atoms with Gasteiger partial charge in [0.15, 0.2) is 0 Å². The van der Waals surface area contributed by atoms with Gasteiger partial charge in [-0.1, -0.05) is 47.5 Å². The van der Waals surface area contributed by atoms with Crippen molar-refractivity contribution < 1.29 is 22.7 Å². The monoisotopic (exact) mass is 762 g/mol. The van der Waals surface area contributed by atoms with Gasteiger partial charge >= 0.3 is 0 Å². The smallest absolute Gasteiger partial charge is 0.251 e. The number of amidine groups is 1. The molecule has 0 radical (unpaired) electrons. The topological polar surface area (TPSA) is 185 Å². The predicted molar refractivity (Wildman–Crippen MR) is 199 cm³/mol. The van der Waals surface area contributed by atoms with Crippen LogP contribution in [-0.2, 0) is 21.4 Å². The van der Waals surface area contributed by atoms with Gasteiger partial charge in [-0.3, -0.25) is 15.0 Å². The van der Waals surface area contributed by atoms with Crippen molar-refractivity contribution in [1.29, 1.82) is 5.41 Å². The Labute approximate surface area is 310 Å². The average molecular weight is 764 g/mol. The summed E-state index contributed by atoms with van der Waals surface area (Å²) in [4.78, 5) is 34.3. The van der Waals surface area contributed by atoms with E-state index in [0.29, 0.717) is 41.7 Å². The molecule has 1 saturated heterocycles. The normalized spacial score (nSPS) is 14.7. The number of nitrogens with zero attached hydrogens (tertiary/aromatic N) is 4. The predicted octanol–water partition coefficient (Wildman–Crippen LogP) is 4.99. The molecule has 0 spiro atoms. The van der Waals surface area contributed by atoms with E-state index >= 15 is 0 Å². The average Bonchev–Trinajstić information content (AvgIpc) is 3.85. The van der Waals surface area contributed by atoms with Crippen LogP contribution in [0, 0.1) is 12.3 Å². The molecular formula is C36H36Cl2N8O5S. The number of rotatable bonds is 13. The maximum atomic E-state index is 14.0. The first-order chi connectivity index (χ1) is 25.0. The molecule has 0 bridgehead atoms. The van der Waals surface area contributed by atoms with Gasteiger partial charge in [-0.15, -0.1) is 0 Å². The number of nitrogens with one attached hydrogen (secondary N) is 3. The summed E-state index contributed by atoms with van der Waals surface area (Å²) < 4.78 is 37.3. The van der Waals surface area contributed by atoms with Gasteiger partial charge in [0.25, 0.3) is 5.91 Å². The molecule has 1 unspecified atom stereocenters. The van der Waals surface area contributed by atoms with E-state index in [2.05, 4.69) is 15.6 Å². The molecule has 1 aliphatic heterocycles. The number of amides is 2. The molecule has 16 heteroatoms. The zero-order chi connectivity index (χ0) is 37.0. The van der Waals surface area contributed by atoms with Crippen LogP contribution in [0.5, 0.6) is 5.75 Å². The summed E-state index contributed by atoms with van der Waals surface area (Å²) in [7, 11) is -4.22. The Morgan fingerprint density at radius 2 is 1.81 bits per heavy atom. The molecule has 3 heterocycles. The molecule has 1 fully saturated rings. The number of nitrogen functional groups attached to an aromatic ring is 1. The standard InChI is InChI=1S/C36H36Cl2N8O5S/c1-22-19-29(45-18-16-41-21-45)25-5-2-7-30(33(25)44-22)51-20-26-27(37)12-13-31(32(26)38)52(49,50)46-17-3-6-28(46)36(48)43-15-4-14-42-35(47)24-10-8-23(9-11-24)34(39)40/h2,5,7-13,16,18-19,21,28H,3-4,6,14-15,17,20H2,1H3,(H3,39,40)(H,42,47)(H,43,48). The molecule has 0 saturated carbocycles. The molecule has 2 aromatic heterocycles. The minimum Gasteiger partial charge on any atom is -0.487 e. The summed E-state index contributed by atoms with van der Waals surface area (Å²) in [5.74, 6) is -0.367. The van der Waals surface area contributed by atoms with Crippen molar-refractivity contribution >= 4 is 61.8 Å². The number of imidazole rings is 1. The fraction of sp³-hybridized carbons (Fsp3) is 0.250. The van der Waals surface area contributed by atoms with E-state index in [1.54, 1.807) is 42.9 Å². The second-order valence-electron chi connectivity index (χ2n) is 12.2. The van der Waals surface area contributed by atoms with E-state index in [-0.39, 0.29) is 58.5 Å². The summed E-state index contributed by atoms with van der Waals surface area (Å²) in [6, 6.07) is 15.7. The summed E-state index contributed by atoms with van der Waals surface area (Å²) in [6.07, 6.45) is 6.48. The zero-order valence-corrected chi connectivity index (χ0v) is 30.4. The molecule has 270 valence electrons. The number of carbonyl (C=O) groups is 2. The second-order valence-corrected chi connectivity index (χ2v) is 14.8. The number of halogens is 2. The number of para-hydroxylation sites is 1. The van der Waals surface area contributed by atoms with Gasteiger partial charge in [-0.05, 0) is 62.6 Å². The van der Waals surface area contributed by atoms with Gasteiger partial charge in [0.05, 0.1) is 17.0 Å². The molecule has 0 aliphatic carbocycles. The molecule has 1 aliphatic rings. The van der Waals surface area contributed by atoms with Crippen LogP contribution in [0.15, 0.2) is 84.3 Å². The molecule has 13 nitrogen and oxygen atoms in total. The number of sulfonamides is 1. The number of hydrogen-bond acceptors (Lipinski definition) is 8. The van der Waals surface area contributed by atoms with E-state index in [0.717, 1.165) is 16.8 Å². The Balaban J connectivity index is 1.10. The molecule has 6 rings (SSSR count). The number of nitrogens with two attached hydrogens (primary N) is 1. The molecule has 5 aromatic rings. The van der Waals surface area contributed by atoms with Gasteiger partial charge in [0.1, 0.15) is 34.6 Å². The lowest BCUT2D eigenvalue weighted by Crippen LogP contribution is -2.46. The lowest BCUT2D eigenvalue weighted by molar-refractivity contribution is -0.124. The summed E-state index contributed by atoms with van der Waals surface area (Å²) >= 11 is 13.3. The van der Waals surface area contributed by atoms with Gasteiger partial charge in [-0.25, -0.2) is 18.4 Å². The first-order valence-corrected chi connectivity index (χ1v) is 18.7. The van der Waals surface area contributed by atoms with Crippen molar-refractivity contribution in [3.63, 3.8) is 0 Å². The van der Waals surface area contributed by atoms with E-state index in [1.165, 1.54) is 16.4 Å². The number of fused-ring (bicyclic) bond motifs is 1.